The third-order valence-corrected chi connectivity index (χ3v) is 5.04. The zero-order valence-electron chi connectivity index (χ0n) is 16.4. The van der Waals surface area contributed by atoms with Crippen molar-refractivity contribution in [2.45, 2.75) is 96.9 Å². The molecule has 142 valence electrons. The van der Waals surface area contributed by atoms with E-state index in [0.29, 0.717) is 12.1 Å². The van der Waals surface area contributed by atoms with E-state index in [4.69, 9.17) is 4.74 Å². The molecule has 0 amide bonds. The van der Waals surface area contributed by atoms with E-state index in [-0.39, 0.29) is 6.23 Å². The molecule has 2 N–H and O–H groups in total. The van der Waals surface area contributed by atoms with Crippen LogP contribution in [-0.2, 0) is 4.74 Å². The van der Waals surface area contributed by atoms with Crippen LogP contribution in [0.2, 0.25) is 0 Å². The molecule has 1 fully saturated rings. The zero-order chi connectivity index (χ0) is 17.8. The van der Waals surface area contributed by atoms with E-state index in [9.17, 15) is 5.11 Å². The van der Waals surface area contributed by atoms with Crippen LogP contribution in [-0.4, -0.2) is 48.5 Å². The van der Waals surface area contributed by atoms with Gasteiger partial charge in [-0.15, -0.1) is 0 Å². The van der Waals surface area contributed by atoms with Gasteiger partial charge in [-0.3, -0.25) is 4.90 Å². The highest BCUT2D eigenvalue weighted by Crippen LogP contribution is 2.18. The first-order chi connectivity index (χ1) is 11.6. The third-order valence-electron chi connectivity index (χ3n) is 5.04. The summed E-state index contributed by atoms with van der Waals surface area (Å²) in [7, 11) is 2.07. The van der Waals surface area contributed by atoms with Crippen molar-refractivity contribution >= 4 is 0 Å². The molecule has 0 radical (unpaired) electrons. The molecule has 24 heavy (non-hydrogen) atoms. The maximum absolute atomic E-state index is 10.5. The van der Waals surface area contributed by atoms with Crippen LogP contribution in [0.1, 0.15) is 78.6 Å². The average molecular weight is 341 g/mol. The maximum Gasteiger partial charge on any atom is 0.107 e. The average Bonchev–Trinajstić information content (AvgIpc) is 2.60. The molecule has 1 aliphatic heterocycles. The minimum Gasteiger partial charge on any atom is -0.495 e. The molecule has 0 aliphatic carbocycles. The number of hydrogen-bond acceptors (Lipinski definition) is 4. The summed E-state index contributed by atoms with van der Waals surface area (Å²) in [4.78, 5) is 2.17. The van der Waals surface area contributed by atoms with Crippen LogP contribution in [0.4, 0.5) is 0 Å². The molecule has 0 bridgehead atoms. The Morgan fingerprint density at radius 2 is 1.79 bits per heavy atom. The van der Waals surface area contributed by atoms with Crippen molar-refractivity contribution in [1.29, 1.82) is 0 Å². The second-order valence-electron chi connectivity index (χ2n) is 7.05. The Hall–Kier alpha value is -0.580. The predicted octanol–water partition coefficient (Wildman–Crippen LogP) is 4.05. The highest BCUT2D eigenvalue weighted by atomic mass is 16.5. The van der Waals surface area contributed by atoms with Gasteiger partial charge in [-0.25, -0.2) is 0 Å². The molecule has 4 nitrogen and oxygen atoms in total. The molecule has 0 saturated carbocycles. The van der Waals surface area contributed by atoms with Crippen molar-refractivity contribution in [2.75, 3.05) is 20.1 Å². The number of aliphatic hydroxyl groups is 1. The molecule has 1 rings (SSSR count). The number of nitrogens with one attached hydrogen (secondary N) is 1. The van der Waals surface area contributed by atoms with E-state index in [2.05, 4.69) is 44.1 Å². The summed E-state index contributed by atoms with van der Waals surface area (Å²) >= 11 is 0. The number of hydrogen-bond donors (Lipinski definition) is 2. The number of piperidine rings is 1. The van der Waals surface area contributed by atoms with Gasteiger partial charge in [-0.05, 0) is 64.7 Å². The number of ether oxygens (including phenoxy) is 1. The van der Waals surface area contributed by atoms with Gasteiger partial charge in [0.25, 0.3) is 0 Å². The summed E-state index contributed by atoms with van der Waals surface area (Å²) in [6, 6.07) is 0.496. The lowest BCUT2D eigenvalue weighted by molar-refractivity contribution is -0.0159. The fourth-order valence-electron chi connectivity index (χ4n) is 3.46. The van der Waals surface area contributed by atoms with E-state index in [1.165, 1.54) is 12.8 Å². The van der Waals surface area contributed by atoms with Gasteiger partial charge in [-0.1, -0.05) is 33.6 Å². The van der Waals surface area contributed by atoms with Gasteiger partial charge in [0.1, 0.15) is 12.3 Å². The number of allylic oxidation sites excluding steroid dienone is 2. The van der Waals surface area contributed by atoms with Crippen LogP contribution in [0.25, 0.3) is 0 Å². The smallest absolute Gasteiger partial charge is 0.107 e. The monoisotopic (exact) mass is 340 g/mol. The van der Waals surface area contributed by atoms with Crippen LogP contribution >= 0.6 is 0 Å². The van der Waals surface area contributed by atoms with Gasteiger partial charge in [0, 0.05) is 12.5 Å². The fourth-order valence-corrected chi connectivity index (χ4v) is 3.46. The molecule has 1 saturated heterocycles. The quantitative estimate of drug-likeness (QED) is 0.415. The highest BCUT2D eigenvalue weighted by Gasteiger charge is 2.19. The Labute approximate surface area is 149 Å². The molecule has 1 heterocycles. The normalized spacial score (nSPS) is 18.4. The van der Waals surface area contributed by atoms with Gasteiger partial charge in [0.15, 0.2) is 0 Å². The summed E-state index contributed by atoms with van der Waals surface area (Å²) in [5, 5.41) is 13.9. The lowest BCUT2D eigenvalue weighted by Gasteiger charge is -2.32. The van der Waals surface area contributed by atoms with Crippen LogP contribution in [0.3, 0.4) is 0 Å². The van der Waals surface area contributed by atoms with Crippen molar-refractivity contribution in [1.82, 2.24) is 10.2 Å². The first kappa shape index (κ1) is 21.5. The Balaban J connectivity index is 2.40. The second kappa shape index (κ2) is 12.7. The molecule has 0 aromatic heterocycles. The Morgan fingerprint density at radius 3 is 2.33 bits per heavy atom. The molecule has 0 aromatic rings. The minimum atomic E-state index is -0.360. The molecule has 1 atom stereocenters. The van der Waals surface area contributed by atoms with Crippen molar-refractivity contribution in [3.8, 4) is 0 Å². The van der Waals surface area contributed by atoms with E-state index in [1.807, 2.05) is 0 Å². The highest BCUT2D eigenvalue weighted by molar-refractivity contribution is 4.94. The number of rotatable bonds is 12. The first-order valence-electron chi connectivity index (χ1n) is 10.1. The van der Waals surface area contributed by atoms with Crippen molar-refractivity contribution in [3.63, 3.8) is 0 Å². The molecular formula is C20H40N2O2. The van der Waals surface area contributed by atoms with Crippen molar-refractivity contribution in [2.24, 2.45) is 0 Å². The van der Waals surface area contributed by atoms with Crippen LogP contribution in [0.15, 0.2) is 11.8 Å². The molecule has 0 aromatic carbocycles. The molecule has 0 spiro atoms. The second-order valence-corrected chi connectivity index (χ2v) is 7.05. The van der Waals surface area contributed by atoms with E-state index >= 15 is 0 Å². The SMILES string of the molecule is CCCC(CCC)N(C)C(O)CC/C=C(\CC)OC1CCNCC1. The largest absolute Gasteiger partial charge is 0.495 e. The summed E-state index contributed by atoms with van der Waals surface area (Å²) in [5.41, 5.74) is 0. The standard InChI is InChI=1S/C20H40N2O2/c1-5-9-17(10-6-2)22(4)20(23)12-8-11-18(7-3)24-19-13-15-21-16-14-19/h11,17,19-21,23H,5-10,12-16H2,1-4H3/b18-11+. The fraction of sp³-hybridized carbons (Fsp3) is 0.900. The summed E-state index contributed by atoms with van der Waals surface area (Å²) in [6.07, 6.45) is 11.6. The lowest BCUT2D eigenvalue weighted by Crippen LogP contribution is -2.40. The summed E-state index contributed by atoms with van der Waals surface area (Å²) < 4.78 is 6.13. The van der Waals surface area contributed by atoms with Crippen LogP contribution in [0, 0.1) is 0 Å². The first-order valence-corrected chi connectivity index (χ1v) is 10.1. The Bertz CT molecular complexity index is 335. The van der Waals surface area contributed by atoms with Crippen LogP contribution < -0.4 is 5.32 Å². The van der Waals surface area contributed by atoms with Gasteiger partial charge in [-0.2, -0.15) is 0 Å². The Morgan fingerprint density at radius 1 is 1.17 bits per heavy atom. The third kappa shape index (κ3) is 8.00. The van der Waals surface area contributed by atoms with Crippen LogP contribution in [0.5, 0.6) is 0 Å². The van der Waals surface area contributed by atoms with E-state index < -0.39 is 0 Å². The predicted molar refractivity (Wildman–Crippen MR) is 102 cm³/mol. The molecule has 1 aliphatic rings. The molecule has 4 heteroatoms. The molecule has 1 unspecified atom stereocenters. The van der Waals surface area contributed by atoms with E-state index in [1.54, 1.807) is 0 Å². The summed E-state index contributed by atoms with van der Waals surface area (Å²) in [5.74, 6) is 1.09. The lowest BCUT2D eigenvalue weighted by atomic mass is 10.0. The van der Waals surface area contributed by atoms with Gasteiger partial charge >= 0.3 is 0 Å². The minimum absolute atomic E-state index is 0.360. The Kier molecular flexibility index (Phi) is 11.4. The number of nitrogens with zero attached hydrogens (tertiary/aromatic N) is 1. The van der Waals surface area contributed by atoms with Gasteiger partial charge in [0.05, 0.1) is 5.76 Å². The van der Waals surface area contributed by atoms with E-state index in [0.717, 1.165) is 63.8 Å². The summed E-state index contributed by atoms with van der Waals surface area (Å²) in [6.45, 7) is 8.70. The van der Waals surface area contributed by atoms with Gasteiger partial charge < -0.3 is 15.2 Å². The van der Waals surface area contributed by atoms with Gasteiger partial charge in [0.2, 0.25) is 0 Å². The van der Waals surface area contributed by atoms with Crippen molar-refractivity contribution < 1.29 is 9.84 Å². The number of aliphatic hydroxyl groups excluding tert-OH is 1. The maximum atomic E-state index is 10.5. The topological polar surface area (TPSA) is 44.7 Å². The van der Waals surface area contributed by atoms with Crippen molar-refractivity contribution in [3.05, 3.63) is 11.8 Å². The zero-order valence-corrected chi connectivity index (χ0v) is 16.4. The molecular weight excluding hydrogens is 300 g/mol.